The molecule has 0 saturated carbocycles. The van der Waals surface area contributed by atoms with Crippen molar-refractivity contribution in [2.75, 3.05) is 0 Å². The second kappa shape index (κ2) is 12.1. The van der Waals surface area contributed by atoms with E-state index in [0.29, 0.717) is 11.8 Å². The van der Waals surface area contributed by atoms with Gasteiger partial charge in [-0.25, -0.2) is 0 Å². The standard InChI is InChI=1S/2C12H19.2CH3.2ClH.H2Si.Ti/c2*1-4-5-6-11-7-8-12(9-11)10(2)3;;;;;;/h2*9-10H,4-7H2,1-3H3;2*1H3;2*1H;1H2;. The van der Waals surface area contributed by atoms with E-state index in [9.17, 15) is 0 Å². The summed E-state index contributed by atoms with van der Waals surface area (Å²) in [5.74, 6) is 1.30. The molecule has 2 aliphatic carbocycles. The Kier molecular flexibility index (Phi) is 12.3. The van der Waals surface area contributed by atoms with E-state index < -0.39 is 14.0 Å². The second-order valence-electron chi connectivity index (χ2n) is 11.0. The molecule has 0 heterocycles. The summed E-state index contributed by atoms with van der Waals surface area (Å²) in [6.07, 6.45) is 15.7. The van der Waals surface area contributed by atoms with Gasteiger partial charge in [-0.15, -0.1) is 24.8 Å². The molecule has 2 aliphatic rings. The first-order valence-corrected chi connectivity index (χ1v) is 20.6. The molecule has 0 atom stereocenters. The first-order chi connectivity index (χ1) is 13.0. The number of unbranched alkanes of at least 4 members (excludes halogenated alkanes) is 2. The summed E-state index contributed by atoms with van der Waals surface area (Å²) in [7, 11) is 2.45. The maximum Gasteiger partial charge on any atom is -0.147 e. The number of allylic oxidation sites excluding steroid dienone is 8. The Bertz CT molecular complexity index is 728. The van der Waals surface area contributed by atoms with Gasteiger partial charge >= 0.3 is 179 Å². The fraction of sp³-hybridized carbons (Fsp3) is 0.692. The van der Waals surface area contributed by atoms with Gasteiger partial charge in [-0.1, -0.05) is 0 Å². The van der Waals surface area contributed by atoms with Crippen molar-refractivity contribution in [1.29, 1.82) is 0 Å². The van der Waals surface area contributed by atoms with Crippen LogP contribution in [-0.2, 0) is 14.0 Å². The van der Waals surface area contributed by atoms with Crippen molar-refractivity contribution in [2.45, 2.75) is 103 Å². The summed E-state index contributed by atoms with van der Waals surface area (Å²) in [6.45, 7) is 14.3. The normalized spacial score (nSPS) is 17.4. The van der Waals surface area contributed by atoms with Crippen molar-refractivity contribution < 1.29 is 14.0 Å². The SMILES string of the molecule is CCCCC1=CC(C(C)C)=[C]([Ti]([CH3])([CH3])(=[SiH2])[C]2=C(C(C)C)C=C(CCCC)C2)C1.Cl.Cl. The Balaban J connectivity index is 0.00000420. The third kappa shape index (κ3) is 6.74. The fourth-order valence-electron chi connectivity index (χ4n) is 5.21. The van der Waals surface area contributed by atoms with E-state index in [1.54, 1.807) is 22.3 Å². The van der Waals surface area contributed by atoms with Crippen LogP contribution in [0.5, 0.6) is 0 Å². The molecule has 0 aromatic rings. The van der Waals surface area contributed by atoms with Crippen LogP contribution in [-0.4, -0.2) is 7.63 Å². The Hall–Kier alpha value is 0.471. The summed E-state index contributed by atoms with van der Waals surface area (Å²) in [6, 6.07) is 0. The molecule has 0 amide bonds. The van der Waals surface area contributed by atoms with E-state index in [0.717, 1.165) is 0 Å². The van der Waals surface area contributed by atoms with Gasteiger partial charge in [0.05, 0.1) is 0 Å². The average molecular weight is 508 g/mol. The molecule has 0 aromatic heterocycles. The van der Waals surface area contributed by atoms with Gasteiger partial charge in [-0.05, 0) is 0 Å². The topological polar surface area (TPSA) is 0 Å². The van der Waals surface area contributed by atoms with Crippen LogP contribution in [0, 0.1) is 11.8 Å². The minimum atomic E-state index is -2.91. The summed E-state index contributed by atoms with van der Waals surface area (Å²) in [5.41, 5.74) is 6.85. The molecule has 4 heteroatoms. The molecule has 0 aromatic carbocycles. The molecular weight excluding hydrogens is 459 g/mol. The van der Waals surface area contributed by atoms with E-state index >= 15 is 0 Å². The number of hydrogen-bond donors (Lipinski definition) is 0. The zero-order valence-corrected chi connectivity index (χ0v) is 25.6. The van der Waals surface area contributed by atoms with Crippen molar-refractivity contribution in [3.63, 3.8) is 0 Å². The molecule has 174 valence electrons. The summed E-state index contributed by atoms with van der Waals surface area (Å²) < 4.78 is 3.80. The first-order valence-electron chi connectivity index (χ1n) is 11.9. The van der Waals surface area contributed by atoms with E-state index in [-0.39, 0.29) is 24.8 Å². The molecular formula is C26H48Cl2SiTi. The van der Waals surface area contributed by atoms with Gasteiger partial charge in [0.25, 0.3) is 0 Å². The Morgan fingerprint density at radius 1 is 0.767 bits per heavy atom. The van der Waals surface area contributed by atoms with Crippen LogP contribution in [0.2, 0.25) is 10.5 Å². The smallest absolute Gasteiger partial charge is 0.147 e. The van der Waals surface area contributed by atoms with E-state index in [1.807, 2.05) is 7.76 Å². The van der Waals surface area contributed by atoms with Crippen molar-refractivity contribution in [3.05, 3.63) is 42.2 Å². The van der Waals surface area contributed by atoms with E-state index in [4.69, 9.17) is 0 Å². The number of hydrogen-bond acceptors (Lipinski definition) is 0. The van der Waals surface area contributed by atoms with Crippen LogP contribution in [0.3, 0.4) is 0 Å². The maximum absolute atomic E-state index is 2.91. The minimum absolute atomic E-state index is 0. The predicted molar refractivity (Wildman–Crippen MR) is 143 cm³/mol. The third-order valence-corrected chi connectivity index (χ3v) is 18.1. The average Bonchev–Trinajstić information content (AvgIpc) is 3.23. The molecule has 0 saturated heterocycles. The molecule has 0 N–H and O–H groups in total. The molecule has 0 fully saturated rings. The van der Waals surface area contributed by atoms with Crippen LogP contribution < -0.4 is 0 Å². The molecule has 0 unspecified atom stereocenters. The minimum Gasteiger partial charge on any atom is -0.147 e. The first kappa shape index (κ1) is 30.5. The Labute approximate surface area is 202 Å². The summed E-state index contributed by atoms with van der Waals surface area (Å²) >= 11 is -2.91. The Morgan fingerprint density at radius 3 is 1.37 bits per heavy atom. The van der Waals surface area contributed by atoms with Gasteiger partial charge in [-0.3, -0.25) is 0 Å². The van der Waals surface area contributed by atoms with Crippen LogP contribution >= 0.6 is 24.8 Å². The quantitative estimate of drug-likeness (QED) is 0.259. The maximum atomic E-state index is 2.73. The van der Waals surface area contributed by atoms with Gasteiger partial charge in [-0.2, -0.15) is 0 Å². The van der Waals surface area contributed by atoms with Gasteiger partial charge in [0.2, 0.25) is 0 Å². The van der Waals surface area contributed by atoms with Crippen LogP contribution in [0.15, 0.2) is 42.2 Å². The van der Waals surface area contributed by atoms with Gasteiger partial charge in [0.1, 0.15) is 0 Å². The molecule has 2 rings (SSSR count). The zero-order chi connectivity index (χ0) is 21.1. The van der Waals surface area contributed by atoms with E-state index in [1.165, 1.54) is 51.4 Å². The molecule has 30 heavy (non-hydrogen) atoms. The Morgan fingerprint density at radius 2 is 1.10 bits per heavy atom. The largest absolute Gasteiger partial charge is 0.147 e. The van der Waals surface area contributed by atoms with Crippen molar-refractivity contribution >= 4 is 32.4 Å². The number of rotatable bonds is 10. The van der Waals surface area contributed by atoms with Gasteiger partial charge in [0.15, 0.2) is 0 Å². The molecule has 0 radical (unpaired) electrons. The van der Waals surface area contributed by atoms with Gasteiger partial charge < -0.3 is 0 Å². The van der Waals surface area contributed by atoms with Crippen molar-refractivity contribution in [3.8, 4) is 0 Å². The van der Waals surface area contributed by atoms with Crippen molar-refractivity contribution in [1.82, 2.24) is 0 Å². The predicted octanol–water partition coefficient (Wildman–Crippen LogP) is 9.02. The van der Waals surface area contributed by atoms with Crippen LogP contribution in [0.25, 0.3) is 0 Å². The molecule has 0 nitrogen and oxygen atoms in total. The third-order valence-electron chi connectivity index (χ3n) is 7.11. The molecule has 0 spiro atoms. The van der Waals surface area contributed by atoms with Crippen molar-refractivity contribution in [2.24, 2.45) is 11.8 Å². The zero-order valence-electron chi connectivity index (χ0n) is 21.0. The van der Waals surface area contributed by atoms with Crippen LogP contribution in [0.1, 0.15) is 92.9 Å². The number of halogens is 2. The van der Waals surface area contributed by atoms with Crippen LogP contribution in [0.4, 0.5) is 0 Å². The second-order valence-corrected chi connectivity index (χ2v) is 30.0. The summed E-state index contributed by atoms with van der Waals surface area (Å²) in [5, 5.41) is 5.47. The summed E-state index contributed by atoms with van der Waals surface area (Å²) in [4.78, 5) is 0. The molecule has 0 aliphatic heterocycles. The fourth-order valence-corrected chi connectivity index (χ4v) is 15.0. The van der Waals surface area contributed by atoms with Gasteiger partial charge in [0, 0.05) is 0 Å². The monoisotopic (exact) mass is 506 g/mol. The molecule has 0 bridgehead atoms. The van der Waals surface area contributed by atoms with E-state index in [2.05, 4.69) is 71.8 Å².